The van der Waals surface area contributed by atoms with Crippen molar-refractivity contribution in [1.29, 1.82) is 0 Å². The van der Waals surface area contributed by atoms with Crippen LogP contribution >= 0.6 is 37.2 Å². The fourth-order valence-electron chi connectivity index (χ4n) is 0.920. The van der Waals surface area contributed by atoms with Crippen LogP contribution in [-0.4, -0.2) is 8.07 Å². The fourth-order valence-corrected chi connectivity index (χ4v) is 2.17. The molecule has 1 aliphatic rings. The molecular weight excluding hydrogens is 281 g/mol. The van der Waals surface area contributed by atoms with Crippen LogP contribution in [0.4, 0.5) is 0 Å². The molecule has 0 nitrogen and oxygen atoms in total. The zero-order chi connectivity index (χ0) is 6.91. The molecule has 1 aliphatic carbocycles. The third-order valence-corrected chi connectivity index (χ3v) is 3.46. The van der Waals surface area contributed by atoms with Crippen molar-refractivity contribution in [2.75, 3.05) is 0 Å². The van der Waals surface area contributed by atoms with E-state index in [1.165, 1.54) is 5.20 Å². The summed E-state index contributed by atoms with van der Waals surface area (Å²) < 4.78 is 0. The van der Waals surface area contributed by atoms with Crippen molar-refractivity contribution in [1.82, 2.24) is 0 Å². The third kappa shape index (κ3) is 8.17. The number of allylic oxidation sites excluding steroid dienone is 4. The molecule has 0 aromatic heterocycles. The van der Waals surface area contributed by atoms with Gasteiger partial charge in [-0.3, -0.25) is 6.08 Å². The van der Waals surface area contributed by atoms with Crippen molar-refractivity contribution in [3.05, 3.63) is 23.4 Å². The molecule has 0 bridgehead atoms. The van der Waals surface area contributed by atoms with E-state index in [0.29, 0.717) is 0 Å². The molecule has 0 spiro atoms. The quantitative estimate of drug-likeness (QED) is 0.510. The molecular formula is C8H16Cl3SiV-. The SMILES string of the molecule is C[Si](C)(C)C1=[C-]CC=C1.Cl.Cl.Cl.[V]. The summed E-state index contributed by atoms with van der Waals surface area (Å²) in [7, 11) is -1.01. The average molecular weight is 298 g/mol. The molecule has 1 rings (SSSR count). The second-order valence-corrected chi connectivity index (χ2v) is 8.49. The monoisotopic (exact) mass is 296 g/mol. The molecule has 0 aliphatic heterocycles. The van der Waals surface area contributed by atoms with Gasteiger partial charge in [-0.15, -0.1) is 43.6 Å². The number of hydrogen-bond acceptors (Lipinski definition) is 0. The van der Waals surface area contributed by atoms with Crippen LogP contribution in [0, 0.1) is 6.08 Å². The topological polar surface area (TPSA) is 0 Å². The van der Waals surface area contributed by atoms with Gasteiger partial charge >= 0.3 is 0 Å². The van der Waals surface area contributed by atoms with Crippen LogP contribution in [-0.2, 0) is 18.6 Å². The summed E-state index contributed by atoms with van der Waals surface area (Å²) in [6.45, 7) is 7.06. The predicted octanol–water partition coefficient (Wildman–Crippen LogP) is 3.82. The smallest absolute Gasteiger partial charge is 0.0393 e. The maximum Gasteiger partial charge on any atom is 0.0393 e. The molecule has 5 heteroatoms. The summed E-state index contributed by atoms with van der Waals surface area (Å²) in [4.78, 5) is 0. The van der Waals surface area contributed by atoms with Gasteiger partial charge in [-0.2, -0.15) is 6.08 Å². The molecule has 13 heavy (non-hydrogen) atoms. The van der Waals surface area contributed by atoms with E-state index < -0.39 is 8.07 Å². The van der Waals surface area contributed by atoms with Crippen molar-refractivity contribution in [2.24, 2.45) is 0 Å². The average Bonchev–Trinajstić information content (AvgIpc) is 2.08. The fraction of sp³-hybridized carbons (Fsp3) is 0.500. The second-order valence-electron chi connectivity index (χ2n) is 3.45. The van der Waals surface area contributed by atoms with Gasteiger partial charge in [0.15, 0.2) is 0 Å². The summed E-state index contributed by atoms with van der Waals surface area (Å²) in [6.07, 6.45) is 8.82. The molecule has 0 heterocycles. The van der Waals surface area contributed by atoms with E-state index >= 15 is 0 Å². The Kier molecular flexibility index (Phi) is 17.7. The maximum absolute atomic E-state index is 3.36. The van der Waals surface area contributed by atoms with Crippen LogP contribution in [0.3, 0.4) is 0 Å². The Morgan fingerprint density at radius 3 is 1.77 bits per heavy atom. The van der Waals surface area contributed by atoms with Gasteiger partial charge in [-0.05, 0) is 0 Å². The first kappa shape index (κ1) is 23.8. The van der Waals surface area contributed by atoms with Crippen molar-refractivity contribution in [3.8, 4) is 0 Å². The van der Waals surface area contributed by atoms with Gasteiger partial charge in [0, 0.05) is 26.6 Å². The van der Waals surface area contributed by atoms with Gasteiger partial charge < -0.3 is 0 Å². The second kappa shape index (κ2) is 9.70. The van der Waals surface area contributed by atoms with Crippen LogP contribution in [0.25, 0.3) is 0 Å². The molecule has 0 N–H and O–H groups in total. The zero-order valence-corrected chi connectivity index (χ0v) is 12.9. The molecule has 0 saturated heterocycles. The maximum atomic E-state index is 3.36. The Bertz CT molecular complexity index is 173. The largest absolute Gasteiger partial charge is 0.274 e. The van der Waals surface area contributed by atoms with Gasteiger partial charge in [0.25, 0.3) is 0 Å². The minimum atomic E-state index is -1.01. The Morgan fingerprint density at radius 1 is 1.15 bits per heavy atom. The van der Waals surface area contributed by atoms with Crippen LogP contribution in [0.1, 0.15) is 6.42 Å². The molecule has 0 saturated carbocycles. The van der Waals surface area contributed by atoms with Crippen molar-refractivity contribution in [2.45, 2.75) is 26.1 Å². The van der Waals surface area contributed by atoms with Gasteiger partial charge in [-0.25, -0.2) is 11.3 Å². The zero-order valence-electron chi connectivity index (χ0n) is 8.03. The van der Waals surface area contributed by atoms with Crippen molar-refractivity contribution >= 4 is 45.3 Å². The van der Waals surface area contributed by atoms with Crippen LogP contribution in [0.5, 0.6) is 0 Å². The molecule has 79 valence electrons. The van der Waals surface area contributed by atoms with E-state index in [0.717, 1.165) is 6.42 Å². The minimum Gasteiger partial charge on any atom is -0.274 e. The minimum absolute atomic E-state index is 0. The molecule has 0 aromatic rings. The van der Waals surface area contributed by atoms with Gasteiger partial charge in [0.1, 0.15) is 0 Å². The number of hydrogen-bond donors (Lipinski definition) is 0. The van der Waals surface area contributed by atoms with E-state index in [1.54, 1.807) is 0 Å². The van der Waals surface area contributed by atoms with E-state index in [4.69, 9.17) is 0 Å². The van der Waals surface area contributed by atoms with Gasteiger partial charge in [-0.1, -0.05) is 19.6 Å². The van der Waals surface area contributed by atoms with E-state index in [1.807, 2.05) is 0 Å². The summed E-state index contributed by atoms with van der Waals surface area (Å²) in [5.74, 6) is 0. The molecule has 0 fully saturated rings. The first-order valence-electron chi connectivity index (χ1n) is 3.38. The van der Waals surface area contributed by atoms with Crippen LogP contribution in [0.2, 0.25) is 19.6 Å². The van der Waals surface area contributed by atoms with Crippen molar-refractivity contribution < 1.29 is 18.6 Å². The normalized spacial score (nSPS) is 12.7. The van der Waals surface area contributed by atoms with E-state index in [-0.39, 0.29) is 55.8 Å². The van der Waals surface area contributed by atoms with Crippen LogP contribution < -0.4 is 0 Å². The third-order valence-electron chi connectivity index (χ3n) is 1.50. The summed E-state index contributed by atoms with van der Waals surface area (Å²) in [5.41, 5.74) is 0. The molecule has 0 aromatic carbocycles. The molecule has 0 unspecified atom stereocenters. The number of halogens is 3. The molecule has 0 atom stereocenters. The molecule has 0 amide bonds. The van der Waals surface area contributed by atoms with Crippen molar-refractivity contribution in [3.63, 3.8) is 0 Å². The molecule has 1 radical (unpaired) electrons. The van der Waals surface area contributed by atoms with E-state index in [9.17, 15) is 0 Å². The predicted molar refractivity (Wildman–Crippen MR) is 65.6 cm³/mol. The van der Waals surface area contributed by atoms with Gasteiger partial charge in [0.05, 0.1) is 0 Å². The summed E-state index contributed by atoms with van der Waals surface area (Å²) in [6, 6.07) is 0. The standard InChI is InChI=1S/C8H13Si.3ClH.V/c1-9(2,3)8-6-4-5-7-8;;;;/h4,6H,5H2,1-3H3;3*1H;/q-1;;;;. The first-order chi connectivity index (χ1) is 4.11. The number of rotatable bonds is 1. The van der Waals surface area contributed by atoms with Crippen LogP contribution in [0.15, 0.2) is 17.3 Å². The van der Waals surface area contributed by atoms with Gasteiger partial charge in [0.2, 0.25) is 0 Å². The summed E-state index contributed by atoms with van der Waals surface area (Å²) >= 11 is 0. The Balaban J connectivity index is -0.000000101. The van der Waals surface area contributed by atoms with E-state index in [2.05, 4.69) is 37.9 Å². The Labute approximate surface area is 113 Å². The first-order valence-corrected chi connectivity index (χ1v) is 6.88. The Morgan fingerprint density at radius 2 is 1.62 bits per heavy atom. The Hall–Kier alpha value is 1.15. The summed E-state index contributed by atoms with van der Waals surface area (Å²) in [5, 5.41) is 1.49.